The summed E-state index contributed by atoms with van der Waals surface area (Å²) in [7, 11) is 0. The second-order valence-corrected chi connectivity index (χ2v) is 7.11. The third-order valence-electron chi connectivity index (χ3n) is 4.84. The van der Waals surface area contributed by atoms with Gasteiger partial charge >= 0.3 is 0 Å². The van der Waals surface area contributed by atoms with Crippen molar-refractivity contribution in [3.63, 3.8) is 0 Å². The van der Waals surface area contributed by atoms with Crippen LogP contribution >= 0.6 is 0 Å². The van der Waals surface area contributed by atoms with Crippen LogP contribution in [0.2, 0.25) is 0 Å². The van der Waals surface area contributed by atoms with Crippen LogP contribution < -0.4 is 16.0 Å². The Bertz CT molecular complexity index is 823. The summed E-state index contributed by atoms with van der Waals surface area (Å²) in [5, 5.41) is 9.53. The fourth-order valence-corrected chi connectivity index (χ4v) is 3.28. The van der Waals surface area contributed by atoms with Crippen molar-refractivity contribution in [2.75, 3.05) is 18.4 Å². The molecule has 3 rings (SSSR count). The molecule has 6 nitrogen and oxygen atoms in total. The SMILES string of the molecule is CCNC(=NCc1ccc(NC(=O)c2ccco2)cc1)NCCC1=CCCCC1. The van der Waals surface area contributed by atoms with Crippen LogP contribution in [0.5, 0.6) is 0 Å². The van der Waals surface area contributed by atoms with Gasteiger partial charge in [-0.25, -0.2) is 4.99 Å². The van der Waals surface area contributed by atoms with Gasteiger partial charge < -0.3 is 20.4 Å². The highest BCUT2D eigenvalue weighted by atomic mass is 16.3. The highest BCUT2D eigenvalue weighted by molar-refractivity contribution is 6.02. The van der Waals surface area contributed by atoms with Gasteiger partial charge in [0.2, 0.25) is 0 Å². The molecule has 1 aliphatic rings. The number of aliphatic imine (C=N–C) groups is 1. The molecule has 0 saturated heterocycles. The lowest BCUT2D eigenvalue weighted by molar-refractivity contribution is 0.0996. The van der Waals surface area contributed by atoms with E-state index in [9.17, 15) is 4.79 Å². The zero-order chi connectivity index (χ0) is 20.3. The zero-order valence-corrected chi connectivity index (χ0v) is 17.0. The number of guanidine groups is 1. The molecule has 1 heterocycles. The number of nitrogens with one attached hydrogen (secondary N) is 3. The minimum atomic E-state index is -0.257. The van der Waals surface area contributed by atoms with Gasteiger partial charge in [0.1, 0.15) is 0 Å². The van der Waals surface area contributed by atoms with E-state index < -0.39 is 0 Å². The van der Waals surface area contributed by atoms with Crippen LogP contribution in [0.15, 0.2) is 63.7 Å². The number of furan rings is 1. The van der Waals surface area contributed by atoms with Crippen molar-refractivity contribution < 1.29 is 9.21 Å². The molecule has 3 N–H and O–H groups in total. The number of rotatable bonds is 8. The second-order valence-electron chi connectivity index (χ2n) is 7.11. The normalized spacial score (nSPS) is 14.2. The average molecular weight is 395 g/mol. The van der Waals surface area contributed by atoms with E-state index in [0.717, 1.165) is 36.7 Å². The van der Waals surface area contributed by atoms with Crippen molar-refractivity contribution in [2.24, 2.45) is 4.99 Å². The molecular weight excluding hydrogens is 364 g/mol. The van der Waals surface area contributed by atoms with Crippen molar-refractivity contribution in [1.29, 1.82) is 0 Å². The Hall–Kier alpha value is -3.02. The third-order valence-corrected chi connectivity index (χ3v) is 4.84. The topological polar surface area (TPSA) is 78.7 Å². The summed E-state index contributed by atoms with van der Waals surface area (Å²) in [5.74, 6) is 0.871. The van der Waals surface area contributed by atoms with Crippen LogP contribution in [0.25, 0.3) is 0 Å². The summed E-state index contributed by atoms with van der Waals surface area (Å²) in [6, 6.07) is 11.0. The maximum absolute atomic E-state index is 12.0. The van der Waals surface area contributed by atoms with E-state index >= 15 is 0 Å². The minimum Gasteiger partial charge on any atom is -0.459 e. The number of hydrogen-bond donors (Lipinski definition) is 3. The number of benzene rings is 1. The smallest absolute Gasteiger partial charge is 0.291 e. The molecule has 0 spiro atoms. The lowest BCUT2D eigenvalue weighted by Crippen LogP contribution is -2.37. The number of anilines is 1. The van der Waals surface area contributed by atoms with E-state index in [0.29, 0.717) is 12.3 Å². The van der Waals surface area contributed by atoms with Crippen LogP contribution in [0.3, 0.4) is 0 Å². The van der Waals surface area contributed by atoms with E-state index in [-0.39, 0.29) is 5.91 Å². The molecule has 6 heteroatoms. The molecule has 0 atom stereocenters. The molecule has 0 bridgehead atoms. The Kier molecular flexibility index (Phi) is 7.92. The van der Waals surface area contributed by atoms with Gasteiger partial charge in [-0.1, -0.05) is 23.8 Å². The number of hydrogen-bond acceptors (Lipinski definition) is 3. The molecule has 154 valence electrons. The molecule has 1 aromatic heterocycles. The van der Waals surface area contributed by atoms with E-state index in [1.54, 1.807) is 17.7 Å². The van der Waals surface area contributed by atoms with E-state index in [1.165, 1.54) is 31.9 Å². The Morgan fingerprint density at radius 1 is 1.14 bits per heavy atom. The lowest BCUT2D eigenvalue weighted by atomic mass is 9.97. The number of allylic oxidation sites excluding steroid dienone is 1. The molecule has 1 aliphatic carbocycles. The van der Waals surface area contributed by atoms with Crippen molar-refractivity contribution in [3.8, 4) is 0 Å². The molecule has 1 aromatic carbocycles. The Morgan fingerprint density at radius 2 is 2.00 bits per heavy atom. The van der Waals surface area contributed by atoms with E-state index in [2.05, 4.69) is 33.9 Å². The third kappa shape index (κ3) is 6.82. The van der Waals surface area contributed by atoms with Gasteiger partial charge in [0.15, 0.2) is 11.7 Å². The highest BCUT2D eigenvalue weighted by Gasteiger charge is 2.08. The summed E-state index contributed by atoms with van der Waals surface area (Å²) in [6.45, 7) is 4.36. The van der Waals surface area contributed by atoms with Crippen LogP contribution in [0.4, 0.5) is 5.69 Å². The maximum atomic E-state index is 12.0. The van der Waals surface area contributed by atoms with Crippen molar-refractivity contribution in [3.05, 3.63) is 65.6 Å². The largest absolute Gasteiger partial charge is 0.459 e. The first-order valence-corrected chi connectivity index (χ1v) is 10.4. The lowest BCUT2D eigenvalue weighted by Gasteiger charge is -2.15. The number of carbonyl (C=O) groups is 1. The highest BCUT2D eigenvalue weighted by Crippen LogP contribution is 2.19. The monoisotopic (exact) mass is 394 g/mol. The molecule has 2 aromatic rings. The molecule has 0 aliphatic heterocycles. The summed E-state index contributed by atoms with van der Waals surface area (Å²) < 4.78 is 5.10. The molecule has 1 amide bonds. The van der Waals surface area contributed by atoms with Gasteiger partial charge in [0.25, 0.3) is 5.91 Å². The standard InChI is InChI=1S/C23H30N4O2/c1-2-24-23(25-15-14-18-7-4-3-5-8-18)26-17-19-10-12-20(13-11-19)27-22(28)21-9-6-16-29-21/h6-7,9-13,16H,2-5,8,14-15,17H2,1H3,(H,27,28)(H2,24,25,26). The van der Waals surface area contributed by atoms with E-state index in [4.69, 9.17) is 4.42 Å². The summed E-state index contributed by atoms with van der Waals surface area (Å²) in [4.78, 5) is 16.7. The minimum absolute atomic E-state index is 0.257. The predicted octanol–water partition coefficient (Wildman–Crippen LogP) is 4.48. The van der Waals surface area contributed by atoms with Gasteiger partial charge in [-0.05, 0) is 68.9 Å². The van der Waals surface area contributed by atoms with Gasteiger partial charge in [-0.3, -0.25) is 4.79 Å². The van der Waals surface area contributed by atoms with Gasteiger partial charge in [-0.2, -0.15) is 0 Å². The van der Waals surface area contributed by atoms with Crippen molar-refractivity contribution in [2.45, 2.75) is 45.6 Å². The number of nitrogens with zero attached hydrogens (tertiary/aromatic N) is 1. The first kappa shape index (κ1) is 20.7. The van der Waals surface area contributed by atoms with Crippen LogP contribution in [0, 0.1) is 0 Å². The van der Waals surface area contributed by atoms with Crippen LogP contribution in [-0.4, -0.2) is 25.0 Å². The number of carbonyl (C=O) groups excluding carboxylic acids is 1. The summed E-state index contributed by atoms with van der Waals surface area (Å²) >= 11 is 0. The fourth-order valence-electron chi connectivity index (χ4n) is 3.28. The molecule has 0 saturated carbocycles. The van der Waals surface area contributed by atoms with Gasteiger partial charge in [-0.15, -0.1) is 0 Å². The molecule has 0 fully saturated rings. The van der Waals surface area contributed by atoms with E-state index in [1.807, 2.05) is 24.3 Å². The average Bonchev–Trinajstić information content (AvgIpc) is 3.29. The molecule has 0 unspecified atom stereocenters. The summed E-state index contributed by atoms with van der Waals surface area (Å²) in [5.41, 5.74) is 3.37. The second kappa shape index (κ2) is 11.1. The molecular formula is C23H30N4O2. The Labute approximate surface area is 172 Å². The Balaban J connectivity index is 1.49. The number of amides is 1. The predicted molar refractivity (Wildman–Crippen MR) is 117 cm³/mol. The quantitative estimate of drug-likeness (QED) is 0.350. The van der Waals surface area contributed by atoms with Crippen LogP contribution in [0.1, 0.15) is 55.1 Å². The summed E-state index contributed by atoms with van der Waals surface area (Å²) in [6.07, 6.45) is 10.1. The first-order chi connectivity index (χ1) is 14.2. The van der Waals surface area contributed by atoms with Crippen LogP contribution in [-0.2, 0) is 6.54 Å². The molecule has 0 radical (unpaired) electrons. The Morgan fingerprint density at radius 3 is 2.69 bits per heavy atom. The van der Waals surface area contributed by atoms with Gasteiger partial charge in [0.05, 0.1) is 12.8 Å². The fraction of sp³-hybridized carbons (Fsp3) is 0.391. The van der Waals surface area contributed by atoms with Crippen molar-refractivity contribution in [1.82, 2.24) is 10.6 Å². The van der Waals surface area contributed by atoms with Gasteiger partial charge in [0, 0.05) is 18.8 Å². The van der Waals surface area contributed by atoms with Crippen molar-refractivity contribution >= 4 is 17.6 Å². The first-order valence-electron chi connectivity index (χ1n) is 10.4. The molecule has 29 heavy (non-hydrogen) atoms. The maximum Gasteiger partial charge on any atom is 0.291 e. The zero-order valence-electron chi connectivity index (χ0n) is 17.0.